The van der Waals surface area contributed by atoms with Crippen LogP contribution in [0.4, 0.5) is 0 Å². The summed E-state index contributed by atoms with van der Waals surface area (Å²) in [6.45, 7) is 0. The molecule has 0 saturated heterocycles. The van der Waals surface area contributed by atoms with Gasteiger partial charge in [-0.05, 0) is 38.2 Å². The Balaban J connectivity index is 1.67. The van der Waals surface area contributed by atoms with E-state index in [0.29, 0.717) is 5.69 Å². The van der Waals surface area contributed by atoms with Crippen LogP contribution in [0, 0.1) is 0 Å². The highest BCUT2D eigenvalue weighted by Crippen LogP contribution is 2.43. The van der Waals surface area contributed by atoms with E-state index in [1.807, 2.05) is 18.2 Å². The van der Waals surface area contributed by atoms with Gasteiger partial charge >= 0.3 is 0 Å². The Morgan fingerprint density at radius 2 is 2.00 bits per heavy atom. The predicted octanol–water partition coefficient (Wildman–Crippen LogP) is 3.11. The fourth-order valence-corrected chi connectivity index (χ4v) is 4.26. The Kier molecular flexibility index (Phi) is 3.79. The highest BCUT2D eigenvalue weighted by molar-refractivity contribution is 5.94. The third-order valence-corrected chi connectivity index (χ3v) is 5.45. The number of carbonyl (C=O) groups is 1. The fourth-order valence-electron chi connectivity index (χ4n) is 4.26. The molecule has 0 bridgehead atoms. The van der Waals surface area contributed by atoms with Gasteiger partial charge in [-0.25, -0.2) is 0 Å². The summed E-state index contributed by atoms with van der Waals surface area (Å²) in [5.74, 6) is 0.772. The molecule has 1 saturated carbocycles. The molecular formula is C19H23N3O2. The molecule has 126 valence electrons. The SMILES string of the molecule is COc1ccccc1C1(NC(=O)c2n[nH]c3c2CCC3)CCCC1. The molecule has 0 aliphatic heterocycles. The van der Waals surface area contributed by atoms with Crippen molar-refractivity contribution in [1.29, 1.82) is 0 Å². The third-order valence-electron chi connectivity index (χ3n) is 5.45. The quantitative estimate of drug-likeness (QED) is 0.907. The summed E-state index contributed by atoms with van der Waals surface area (Å²) >= 11 is 0. The second kappa shape index (κ2) is 5.96. The molecule has 4 rings (SSSR count). The molecule has 2 aromatic rings. The van der Waals surface area contributed by atoms with E-state index >= 15 is 0 Å². The number of ether oxygens (including phenoxy) is 1. The molecule has 0 atom stereocenters. The van der Waals surface area contributed by atoms with Gasteiger partial charge in [0.1, 0.15) is 5.75 Å². The molecule has 2 aliphatic rings. The lowest BCUT2D eigenvalue weighted by atomic mass is 9.87. The first-order valence-corrected chi connectivity index (χ1v) is 8.76. The lowest BCUT2D eigenvalue weighted by Crippen LogP contribution is -2.44. The maximum atomic E-state index is 13.0. The van der Waals surface area contributed by atoms with Crippen molar-refractivity contribution >= 4 is 5.91 Å². The molecule has 1 aromatic heterocycles. The van der Waals surface area contributed by atoms with Crippen LogP contribution in [0.5, 0.6) is 5.75 Å². The van der Waals surface area contributed by atoms with Crippen molar-refractivity contribution in [3.63, 3.8) is 0 Å². The monoisotopic (exact) mass is 325 g/mol. The Morgan fingerprint density at radius 1 is 1.21 bits per heavy atom. The Bertz CT molecular complexity index is 760. The van der Waals surface area contributed by atoms with Crippen molar-refractivity contribution in [2.24, 2.45) is 0 Å². The van der Waals surface area contributed by atoms with Gasteiger partial charge in [0.2, 0.25) is 0 Å². The van der Waals surface area contributed by atoms with Crippen LogP contribution >= 0.6 is 0 Å². The van der Waals surface area contributed by atoms with E-state index < -0.39 is 0 Å². The number of nitrogens with zero attached hydrogens (tertiary/aromatic N) is 1. The molecule has 2 aliphatic carbocycles. The highest BCUT2D eigenvalue weighted by atomic mass is 16.5. The van der Waals surface area contributed by atoms with Crippen LogP contribution in [-0.4, -0.2) is 23.2 Å². The van der Waals surface area contributed by atoms with Gasteiger partial charge < -0.3 is 10.1 Å². The molecule has 5 nitrogen and oxygen atoms in total. The Hall–Kier alpha value is -2.30. The molecule has 0 spiro atoms. The van der Waals surface area contributed by atoms with Crippen LogP contribution in [0.2, 0.25) is 0 Å². The van der Waals surface area contributed by atoms with E-state index in [1.54, 1.807) is 7.11 Å². The number of aromatic nitrogens is 2. The predicted molar refractivity (Wildman–Crippen MR) is 91.2 cm³/mol. The van der Waals surface area contributed by atoms with Crippen molar-refractivity contribution in [2.75, 3.05) is 7.11 Å². The van der Waals surface area contributed by atoms with Crippen LogP contribution in [0.15, 0.2) is 24.3 Å². The maximum absolute atomic E-state index is 13.0. The molecule has 1 heterocycles. The van der Waals surface area contributed by atoms with E-state index in [2.05, 4.69) is 21.6 Å². The normalized spacial score (nSPS) is 18.4. The van der Waals surface area contributed by atoms with Gasteiger partial charge in [-0.1, -0.05) is 31.0 Å². The Labute approximate surface area is 141 Å². The van der Waals surface area contributed by atoms with Crippen molar-refractivity contribution in [3.05, 3.63) is 46.8 Å². The van der Waals surface area contributed by atoms with E-state index in [-0.39, 0.29) is 11.4 Å². The molecule has 24 heavy (non-hydrogen) atoms. The number of benzene rings is 1. The summed E-state index contributed by atoms with van der Waals surface area (Å²) < 4.78 is 5.56. The number of rotatable bonds is 4. The first-order chi connectivity index (χ1) is 11.7. The van der Waals surface area contributed by atoms with E-state index in [9.17, 15) is 4.79 Å². The number of nitrogens with one attached hydrogen (secondary N) is 2. The minimum Gasteiger partial charge on any atom is -0.496 e. The van der Waals surface area contributed by atoms with Gasteiger partial charge in [0, 0.05) is 16.8 Å². The topological polar surface area (TPSA) is 67.0 Å². The molecule has 1 fully saturated rings. The van der Waals surface area contributed by atoms with Crippen molar-refractivity contribution in [2.45, 2.75) is 50.5 Å². The smallest absolute Gasteiger partial charge is 0.272 e. The minimum absolute atomic E-state index is 0.0674. The van der Waals surface area contributed by atoms with Crippen LogP contribution in [0.25, 0.3) is 0 Å². The number of hydrogen-bond acceptors (Lipinski definition) is 3. The van der Waals surface area contributed by atoms with Gasteiger partial charge in [0.15, 0.2) is 5.69 Å². The summed E-state index contributed by atoms with van der Waals surface area (Å²) in [5, 5.41) is 10.6. The second-order valence-electron chi connectivity index (χ2n) is 6.83. The average molecular weight is 325 g/mol. The highest BCUT2D eigenvalue weighted by Gasteiger charge is 2.40. The minimum atomic E-state index is -0.353. The fraction of sp³-hybridized carbons (Fsp3) is 0.474. The van der Waals surface area contributed by atoms with Crippen LogP contribution < -0.4 is 10.1 Å². The Morgan fingerprint density at radius 3 is 2.79 bits per heavy atom. The lowest BCUT2D eigenvalue weighted by molar-refractivity contribution is 0.0890. The summed E-state index contributed by atoms with van der Waals surface area (Å²) in [7, 11) is 1.68. The van der Waals surface area contributed by atoms with Gasteiger partial charge in [-0.15, -0.1) is 0 Å². The molecule has 1 amide bonds. The maximum Gasteiger partial charge on any atom is 0.272 e. The number of fused-ring (bicyclic) bond motifs is 1. The average Bonchev–Trinajstić information content (AvgIpc) is 3.31. The van der Waals surface area contributed by atoms with Gasteiger partial charge in [-0.3, -0.25) is 9.89 Å². The number of H-pyrrole nitrogens is 1. The molecule has 0 radical (unpaired) electrons. The van der Waals surface area contributed by atoms with Crippen LogP contribution in [-0.2, 0) is 18.4 Å². The zero-order valence-electron chi connectivity index (χ0n) is 14.0. The van der Waals surface area contributed by atoms with Crippen molar-refractivity contribution < 1.29 is 9.53 Å². The standard InChI is InChI=1S/C19H23N3O2/c1-24-16-10-3-2-8-14(16)19(11-4-5-12-19)20-18(23)17-13-7-6-9-15(13)21-22-17/h2-3,8,10H,4-7,9,11-12H2,1H3,(H,20,23)(H,21,22). The number of hydrogen-bond donors (Lipinski definition) is 2. The zero-order chi connectivity index (χ0) is 16.6. The number of amides is 1. The number of methoxy groups -OCH3 is 1. The third kappa shape index (κ3) is 2.39. The molecule has 0 unspecified atom stereocenters. The van der Waals surface area contributed by atoms with Crippen LogP contribution in [0.3, 0.4) is 0 Å². The number of carbonyl (C=O) groups excluding carboxylic acids is 1. The molecule has 5 heteroatoms. The number of aryl methyl sites for hydroxylation is 1. The molecule has 1 aromatic carbocycles. The van der Waals surface area contributed by atoms with Crippen molar-refractivity contribution in [3.8, 4) is 5.75 Å². The van der Waals surface area contributed by atoms with E-state index in [1.165, 1.54) is 0 Å². The van der Waals surface area contributed by atoms with E-state index in [4.69, 9.17) is 4.74 Å². The van der Waals surface area contributed by atoms with Gasteiger partial charge in [0.25, 0.3) is 5.91 Å². The summed E-state index contributed by atoms with van der Waals surface area (Å²) in [6, 6.07) is 8.01. The molecule has 2 N–H and O–H groups in total. The first-order valence-electron chi connectivity index (χ1n) is 8.76. The lowest BCUT2D eigenvalue weighted by Gasteiger charge is -2.32. The number of para-hydroxylation sites is 1. The first kappa shape index (κ1) is 15.2. The summed E-state index contributed by atoms with van der Waals surface area (Å²) in [4.78, 5) is 13.0. The second-order valence-corrected chi connectivity index (χ2v) is 6.83. The van der Waals surface area contributed by atoms with Crippen molar-refractivity contribution in [1.82, 2.24) is 15.5 Å². The van der Waals surface area contributed by atoms with Gasteiger partial charge in [-0.2, -0.15) is 5.10 Å². The molecular weight excluding hydrogens is 302 g/mol. The van der Waals surface area contributed by atoms with E-state index in [0.717, 1.165) is 67.5 Å². The van der Waals surface area contributed by atoms with Gasteiger partial charge in [0.05, 0.1) is 12.6 Å². The summed E-state index contributed by atoms with van der Waals surface area (Å²) in [6.07, 6.45) is 7.12. The van der Waals surface area contributed by atoms with Crippen LogP contribution in [0.1, 0.15) is 59.4 Å². The zero-order valence-corrected chi connectivity index (χ0v) is 14.0. The summed E-state index contributed by atoms with van der Waals surface area (Å²) in [5.41, 5.74) is 3.52. The largest absolute Gasteiger partial charge is 0.496 e. The number of aromatic amines is 1.